The molecule has 0 aliphatic carbocycles. The lowest BCUT2D eigenvalue weighted by Crippen LogP contribution is -2.12. The first-order valence-corrected chi connectivity index (χ1v) is 8.06. The molecule has 0 fully saturated rings. The average molecular weight is 329 g/mol. The minimum absolute atomic E-state index is 0.0825. The first kappa shape index (κ1) is 16.7. The second-order valence-electron chi connectivity index (χ2n) is 6.80. The molecule has 0 bridgehead atoms. The van der Waals surface area contributed by atoms with E-state index in [2.05, 4.69) is 27.1 Å². The van der Waals surface area contributed by atoms with E-state index in [0.29, 0.717) is 16.9 Å². The molecule has 0 saturated carbocycles. The minimum Gasteiger partial charge on any atom is -0.321 e. The SMILES string of the molecule is CC(C)(C)C#Cc1ccc(C(=O)Nc2cnc3ccccc3c2)cn1. The molecule has 2 heterocycles. The highest BCUT2D eigenvalue weighted by molar-refractivity contribution is 6.04. The summed E-state index contributed by atoms with van der Waals surface area (Å²) in [5.74, 6) is 5.92. The summed E-state index contributed by atoms with van der Waals surface area (Å²) in [6, 6.07) is 13.2. The number of hydrogen-bond acceptors (Lipinski definition) is 3. The van der Waals surface area contributed by atoms with Crippen molar-refractivity contribution in [2.45, 2.75) is 20.8 Å². The number of nitrogens with zero attached hydrogens (tertiary/aromatic N) is 2. The van der Waals surface area contributed by atoms with Crippen molar-refractivity contribution >= 4 is 22.5 Å². The number of anilines is 1. The van der Waals surface area contributed by atoms with E-state index >= 15 is 0 Å². The third-order valence-electron chi connectivity index (χ3n) is 3.44. The number of fused-ring (bicyclic) bond motifs is 1. The lowest BCUT2D eigenvalue weighted by molar-refractivity contribution is 0.102. The Morgan fingerprint density at radius 3 is 2.56 bits per heavy atom. The van der Waals surface area contributed by atoms with E-state index in [-0.39, 0.29) is 11.3 Å². The highest BCUT2D eigenvalue weighted by Crippen LogP contribution is 2.17. The third-order valence-corrected chi connectivity index (χ3v) is 3.44. The minimum atomic E-state index is -0.222. The first-order valence-electron chi connectivity index (χ1n) is 8.06. The van der Waals surface area contributed by atoms with Crippen LogP contribution in [0.4, 0.5) is 5.69 Å². The third kappa shape index (κ3) is 4.42. The van der Waals surface area contributed by atoms with Crippen molar-refractivity contribution in [1.29, 1.82) is 0 Å². The molecule has 25 heavy (non-hydrogen) atoms. The van der Waals surface area contributed by atoms with E-state index in [0.717, 1.165) is 10.9 Å². The van der Waals surface area contributed by atoms with Crippen LogP contribution in [0.2, 0.25) is 0 Å². The van der Waals surface area contributed by atoms with Crippen LogP contribution in [-0.2, 0) is 0 Å². The molecule has 4 heteroatoms. The predicted octanol–water partition coefficient (Wildman–Crippen LogP) is 4.28. The van der Waals surface area contributed by atoms with Crippen molar-refractivity contribution in [2.24, 2.45) is 5.41 Å². The monoisotopic (exact) mass is 329 g/mol. The van der Waals surface area contributed by atoms with Gasteiger partial charge in [-0.2, -0.15) is 0 Å². The number of carbonyl (C=O) groups is 1. The van der Waals surface area contributed by atoms with E-state index in [9.17, 15) is 4.79 Å². The summed E-state index contributed by atoms with van der Waals surface area (Å²) in [4.78, 5) is 20.9. The second kappa shape index (κ2) is 6.74. The predicted molar refractivity (Wildman–Crippen MR) is 100 cm³/mol. The maximum atomic E-state index is 12.4. The fourth-order valence-electron chi connectivity index (χ4n) is 2.20. The van der Waals surface area contributed by atoms with Gasteiger partial charge in [-0.3, -0.25) is 9.78 Å². The van der Waals surface area contributed by atoms with E-state index in [1.807, 2.05) is 51.1 Å². The summed E-state index contributed by atoms with van der Waals surface area (Å²) in [7, 11) is 0. The van der Waals surface area contributed by atoms with Crippen molar-refractivity contribution in [3.63, 3.8) is 0 Å². The summed E-state index contributed by atoms with van der Waals surface area (Å²) in [5.41, 5.74) is 2.60. The molecule has 2 aromatic heterocycles. The van der Waals surface area contributed by atoms with Gasteiger partial charge >= 0.3 is 0 Å². The molecular formula is C21H19N3O. The number of aromatic nitrogens is 2. The van der Waals surface area contributed by atoms with Crippen LogP contribution >= 0.6 is 0 Å². The van der Waals surface area contributed by atoms with E-state index in [1.165, 1.54) is 6.20 Å². The van der Waals surface area contributed by atoms with Gasteiger partial charge in [0.15, 0.2) is 0 Å². The van der Waals surface area contributed by atoms with Gasteiger partial charge in [-0.25, -0.2) is 4.98 Å². The van der Waals surface area contributed by atoms with Crippen molar-refractivity contribution in [3.8, 4) is 11.8 Å². The van der Waals surface area contributed by atoms with Gasteiger partial charge in [0.05, 0.1) is 23.0 Å². The Kier molecular flexibility index (Phi) is 4.49. The number of carbonyl (C=O) groups excluding carboxylic acids is 1. The van der Waals surface area contributed by atoms with Crippen LogP contribution in [0, 0.1) is 17.3 Å². The van der Waals surface area contributed by atoms with Gasteiger partial charge < -0.3 is 5.32 Å². The topological polar surface area (TPSA) is 54.9 Å². The molecule has 0 spiro atoms. The standard InChI is InChI=1S/C21H19N3O/c1-21(2,3)11-10-17-9-8-16(13-22-17)20(25)24-18-12-15-6-4-5-7-19(15)23-14-18/h4-9,12-14H,1-3H3,(H,24,25). The lowest BCUT2D eigenvalue weighted by atomic mass is 9.98. The Bertz CT molecular complexity index is 974. The van der Waals surface area contributed by atoms with Crippen LogP contribution in [0.1, 0.15) is 36.8 Å². The largest absolute Gasteiger partial charge is 0.321 e. The number of benzene rings is 1. The molecule has 3 rings (SSSR count). The van der Waals surface area contributed by atoms with Crippen LogP contribution in [0.25, 0.3) is 10.9 Å². The van der Waals surface area contributed by atoms with E-state index in [1.54, 1.807) is 18.3 Å². The van der Waals surface area contributed by atoms with Crippen molar-refractivity contribution < 1.29 is 4.79 Å². The van der Waals surface area contributed by atoms with Gasteiger partial charge in [-0.15, -0.1) is 0 Å². The molecular weight excluding hydrogens is 310 g/mol. The summed E-state index contributed by atoms with van der Waals surface area (Å²) in [5, 5.41) is 3.83. The smallest absolute Gasteiger partial charge is 0.257 e. The van der Waals surface area contributed by atoms with E-state index in [4.69, 9.17) is 0 Å². The molecule has 0 aliphatic rings. The zero-order chi connectivity index (χ0) is 17.9. The Labute approximate surface area is 147 Å². The molecule has 1 amide bonds. The van der Waals surface area contributed by atoms with Crippen molar-refractivity contribution in [3.05, 3.63) is 66.1 Å². The highest BCUT2D eigenvalue weighted by Gasteiger charge is 2.08. The molecule has 0 aliphatic heterocycles. The maximum absolute atomic E-state index is 12.4. The molecule has 4 nitrogen and oxygen atoms in total. The summed E-state index contributed by atoms with van der Waals surface area (Å²) >= 11 is 0. The van der Waals surface area contributed by atoms with Gasteiger partial charge in [0.1, 0.15) is 5.69 Å². The van der Waals surface area contributed by atoms with Crippen LogP contribution < -0.4 is 5.32 Å². The molecule has 0 radical (unpaired) electrons. The van der Waals surface area contributed by atoms with Crippen LogP contribution in [-0.4, -0.2) is 15.9 Å². The Hall–Kier alpha value is -3.19. The summed E-state index contributed by atoms with van der Waals surface area (Å²) in [6.07, 6.45) is 3.19. The highest BCUT2D eigenvalue weighted by atomic mass is 16.1. The zero-order valence-corrected chi connectivity index (χ0v) is 14.5. The summed E-state index contributed by atoms with van der Waals surface area (Å²) < 4.78 is 0. The zero-order valence-electron chi connectivity index (χ0n) is 14.5. The fraction of sp³-hybridized carbons (Fsp3) is 0.190. The number of para-hydroxylation sites is 1. The first-order chi connectivity index (χ1) is 11.9. The van der Waals surface area contributed by atoms with E-state index < -0.39 is 0 Å². The van der Waals surface area contributed by atoms with Crippen LogP contribution in [0.5, 0.6) is 0 Å². The Morgan fingerprint density at radius 1 is 1.04 bits per heavy atom. The fourth-order valence-corrected chi connectivity index (χ4v) is 2.20. The van der Waals surface area contributed by atoms with Crippen molar-refractivity contribution in [2.75, 3.05) is 5.32 Å². The molecule has 0 unspecified atom stereocenters. The maximum Gasteiger partial charge on any atom is 0.257 e. The van der Waals surface area contributed by atoms with Gasteiger partial charge in [0, 0.05) is 17.0 Å². The quantitative estimate of drug-likeness (QED) is 0.714. The van der Waals surface area contributed by atoms with Gasteiger partial charge in [-0.1, -0.05) is 24.1 Å². The molecule has 124 valence electrons. The number of pyridine rings is 2. The van der Waals surface area contributed by atoms with Gasteiger partial charge in [0.25, 0.3) is 5.91 Å². The normalized spacial score (nSPS) is 10.8. The average Bonchev–Trinajstić information content (AvgIpc) is 2.59. The number of amides is 1. The number of rotatable bonds is 2. The van der Waals surface area contributed by atoms with Crippen LogP contribution in [0.3, 0.4) is 0 Å². The van der Waals surface area contributed by atoms with Crippen molar-refractivity contribution in [1.82, 2.24) is 9.97 Å². The number of nitrogens with one attached hydrogen (secondary N) is 1. The Morgan fingerprint density at radius 2 is 1.84 bits per heavy atom. The van der Waals surface area contributed by atoms with Crippen LogP contribution in [0.15, 0.2) is 54.9 Å². The molecule has 1 N–H and O–H groups in total. The number of hydrogen-bond donors (Lipinski definition) is 1. The Balaban J connectivity index is 1.74. The van der Waals surface area contributed by atoms with Gasteiger partial charge in [0.2, 0.25) is 0 Å². The molecule has 0 saturated heterocycles. The molecule has 0 atom stereocenters. The summed E-state index contributed by atoms with van der Waals surface area (Å²) in [6.45, 7) is 6.12. The molecule has 1 aromatic carbocycles. The van der Waals surface area contributed by atoms with Gasteiger partial charge in [-0.05, 0) is 51.0 Å². The molecule has 3 aromatic rings. The lowest BCUT2D eigenvalue weighted by Gasteiger charge is -2.07. The second-order valence-corrected chi connectivity index (χ2v) is 6.80.